The number of methoxy groups -OCH3 is 3. The predicted molar refractivity (Wildman–Crippen MR) is 159 cm³/mol. The third-order valence-corrected chi connectivity index (χ3v) is 8.05. The van der Waals surface area contributed by atoms with Crippen LogP contribution in [0.4, 0.5) is 11.4 Å². The molecule has 4 rings (SSSR count). The Balaban J connectivity index is 1.73. The van der Waals surface area contributed by atoms with Crippen molar-refractivity contribution in [3.05, 3.63) is 95.0 Å². The van der Waals surface area contributed by atoms with Gasteiger partial charge in [0, 0.05) is 16.1 Å². The topological polar surface area (TPSA) is 103 Å². The SMILES string of the molecule is COc1ccc(S(=O)(=O)N(CC(=O)Nc2cc(Cl)ccc2Oc2ccccc2)c2cc(Cl)ccc2OC)cc1OC. The number of carbonyl (C=O) groups excluding carboxylic acids is 1. The number of para-hydroxylation sites is 1. The highest BCUT2D eigenvalue weighted by Gasteiger charge is 2.31. The van der Waals surface area contributed by atoms with Crippen LogP contribution in [0.3, 0.4) is 0 Å². The summed E-state index contributed by atoms with van der Waals surface area (Å²) in [5.74, 6) is 0.870. The van der Waals surface area contributed by atoms with Crippen molar-refractivity contribution in [2.75, 3.05) is 37.5 Å². The maximum absolute atomic E-state index is 14.0. The zero-order valence-electron chi connectivity index (χ0n) is 22.3. The van der Waals surface area contributed by atoms with Crippen LogP contribution in [0.5, 0.6) is 28.7 Å². The fourth-order valence-electron chi connectivity index (χ4n) is 3.89. The molecule has 0 atom stereocenters. The normalized spacial score (nSPS) is 11.0. The van der Waals surface area contributed by atoms with E-state index in [0.717, 1.165) is 4.31 Å². The highest BCUT2D eigenvalue weighted by Crippen LogP contribution is 2.37. The van der Waals surface area contributed by atoms with Crippen LogP contribution < -0.4 is 28.6 Å². The van der Waals surface area contributed by atoms with Crippen molar-refractivity contribution in [2.24, 2.45) is 0 Å². The van der Waals surface area contributed by atoms with Crippen LogP contribution >= 0.6 is 23.2 Å². The molecule has 1 N–H and O–H groups in total. The van der Waals surface area contributed by atoms with E-state index in [9.17, 15) is 13.2 Å². The molecule has 1 amide bonds. The minimum absolute atomic E-state index is 0.0526. The maximum Gasteiger partial charge on any atom is 0.265 e. The molecule has 0 aliphatic rings. The molecule has 0 saturated heterocycles. The molecule has 0 heterocycles. The molecule has 0 unspecified atom stereocenters. The Morgan fingerprint density at radius 2 is 1.37 bits per heavy atom. The molecule has 41 heavy (non-hydrogen) atoms. The number of hydrogen-bond donors (Lipinski definition) is 1. The van der Waals surface area contributed by atoms with Crippen molar-refractivity contribution in [3.63, 3.8) is 0 Å². The number of ether oxygens (including phenoxy) is 4. The van der Waals surface area contributed by atoms with Gasteiger partial charge in [0.2, 0.25) is 5.91 Å². The van der Waals surface area contributed by atoms with Gasteiger partial charge in [0.1, 0.15) is 18.0 Å². The smallest absolute Gasteiger partial charge is 0.265 e. The second-order valence-electron chi connectivity index (χ2n) is 8.45. The summed E-state index contributed by atoms with van der Waals surface area (Å²) in [5.41, 5.74) is 0.296. The molecule has 4 aromatic carbocycles. The van der Waals surface area contributed by atoms with E-state index in [1.165, 1.54) is 57.7 Å². The maximum atomic E-state index is 14.0. The molecule has 9 nitrogen and oxygen atoms in total. The zero-order chi connectivity index (χ0) is 29.6. The summed E-state index contributed by atoms with van der Waals surface area (Å²) < 4.78 is 50.8. The van der Waals surface area contributed by atoms with Gasteiger partial charge >= 0.3 is 0 Å². The van der Waals surface area contributed by atoms with Crippen LogP contribution in [0.15, 0.2) is 89.8 Å². The first-order valence-corrected chi connectivity index (χ1v) is 14.3. The molecule has 214 valence electrons. The summed E-state index contributed by atoms with van der Waals surface area (Å²) in [4.78, 5) is 13.3. The second-order valence-corrected chi connectivity index (χ2v) is 11.2. The van der Waals surface area contributed by atoms with Crippen LogP contribution in [0.25, 0.3) is 0 Å². The van der Waals surface area contributed by atoms with E-state index < -0.39 is 22.5 Å². The van der Waals surface area contributed by atoms with Gasteiger partial charge in [0.15, 0.2) is 17.2 Å². The van der Waals surface area contributed by atoms with Gasteiger partial charge in [-0.3, -0.25) is 9.10 Å². The van der Waals surface area contributed by atoms with E-state index >= 15 is 0 Å². The van der Waals surface area contributed by atoms with Crippen molar-refractivity contribution < 1.29 is 32.2 Å². The van der Waals surface area contributed by atoms with Gasteiger partial charge in [-0.2, -0.15) is 0 Å². The van der Waals surface area contributed by atoms with Gasteiger partial charge in [-0.05, 0) is 60.7 Å². The molecular formula is C29H26Cl2N2O7S. The first-order chi connectivity index (χ1) is 19.7. The Labute approximate surface area is 248 Å². The highest BCUT2D eigenvalue weighted by atomic mass is 35.5. The van der Waals surface area contributed by atoms with E-state index in [-0.39, 0.29) is 32.8 Å². The van der Waals surface area contributed by atoms with Crippen molar-refractivity contribution in [1.82, 2.24) is 0 Å². The number of amides is 1. The number of sulfonamides is 1. The number of benzene rings is 4. The van der Waals surface area contributed by atoms with Gasteiger partial charge in [0.05, 0.1) is 37.6 Å². The van der Waals surface area contributed by atoms with Crippen LogP contribution in [-0.4, -0.2) is 42.2 Å². The van der Waals surface area contributed by atoms with E-state index in [2.05, 4.69) is 5.32 Å². The lowest BCUT2D eigenvalue weighted by molar-refractivity contribution is -0.114. The molecule has 0 radical (unpaired) electrons. The van der Waals surface area contributed by atoms with Gasteiger partial charge < -0.3 is 24.3 Å². The summed E-state index contributed by atoms with van der Waals surface area (Å²) in [5, 5.41) is 3.29. The Kier molecular flexibility index (Phi) is 9.49. The third-order valence-electron chi connectivity index (χ3n) is 5.83. The number of hydrogen-bond acceptors (Lipinski definition) is 7. The highest BCUT2D eigenvalue weighted by molar-refractivity contribution is 7.92. The Bertz CT molecular complexity index is 1650. The van der Waals surface area contributed by atoms with E-state index in [1.54, 1.807) is 42.5 Å². The Morgan fingerprint density at radius 3 is 2.02 bits per heavy atom. The molecule has 0 aliphatic carbocycles. The van der Waals surface area contributed by atoms with E-state index in [0.29, 0.717) is 22.3 Å². The van der Waals surface area contributed by atoms with Crippen LogP contribution in [0, 0.1) is 0 Å². The summed E-state index contributed by atoms with van der Waals surface area (Å²) in [6, 6.07) is 22.2. The Hall–Kier alpha value is -4.12. The molecule has 0 aromatic heterocycles. The summed E-state index contributed by atoms with van der Waals surface area (Å²) in [6.45, 7) is -0.648. The minimum atomic E-state index is -4.37. The molecular weight excluding hydrogens is 591 g/mol. The van der Waals surface area contributed by atoms with Crippen molar-refractivity contribution in [2.45, 2.75) is 4.90 Å². The van der Waals surface area contributed by atoms with Crippen LogP contribution in [0.1, 0.15) is 0 Å². The zero-order valence-corrected chi connectivity index (χ0v) is 24.6. The minimum Gasteiger partial charge on any atom is -0.495 e. The first-order valence-electron chi connectivity index (χ1n) is 12.1. The third kappa shape index (κ3) is 6.97. The molecule has 0 spiro atoms. The molecule has 0 bridgehead atoms. The van der Waals surface area contributed by atoms with Crippen molar-refractivity contribution in [3.8, 4) is 28.7 Å². The number of nitrogens with zero attached hydrogens (tertiary/aromatic N) is 1. The van der Waals surface area contributed by atoms with Gasteiger partial charge in [0.25, 0.3) is 10.0 Å². The average molecular weight is 618 g/mol. The summed E-state index contributed by atoms with van der Waals surface area (Å²) in [7, 11) is -0.168. The summed E-state index contributed by atoms with van der Waals surface area (Å²) in [6.07, 6.45) is 0. The van der Waals surface area contributed by atoms with Gasteiger partial charge in [-0.25, -0.2) is 8.42 Å². The molecule has 4 aromatic rings. The number of halogens is 2. The molecule has 0 aliphatic heterocycles. The fraction of sp³-hybridized carbons (Fsp3) is 0.138. The Morgan fingerprint density at radius 1 is 0.756 bits per heavy atom. The van der Waals surface area contributed by atoms with Crippen molar-refractivity contribution in [1.29, 1.82) is 0 Å². The standard InChI is InChI=1S/C29H26Cl2N2O7S/c1-37-26-13-10-20(31)16-24(26)33(41(35,36)22-11-14-27(38-2)28(17-22)39-3)18-29(34)32-23-15-19(30)9-12-25(23)40-21-7-5-4-6-8-21/h4-17H,18H2,1-3H3,(H,32,34). The van der Waals surface area contributed by atoms with E-state index in [4.69, 9.17) is 42.1 Å². The number of carbonyl (C=O) groups is 1. The molecule has 0 fully saturated rings. The molecule has 0 saturated carbocycles. The van der Waals surface area contributed by atoms with Gasteiger partial charge in [-0.15, -0.1) is 0 Å². The second kappa shape index (κ2) is 13.0. The number of anilines is 2. The number of rotatable bonds is 11. The quantitative estimate of drug-likeness (QED) is 0.201. The monoisotopic (exact) mass is 616 g/mol. The lowest BCUT2D eigenvalue weighted by Crippen LogP contribution is -2.38. The number of nitrogens with one attached hydrogen (secondary N) is 1. The molecule has 12 heteroatoms. The summed E-state index contributed by atoms with van der Waals surface area (Å²) >= 11 is 12.4. The van der Waals surface area contributed by atoms with E-state index in [1.807, 2.05) is 6.07 Å². The van der Waals surface area contributed by atoms with Crippen LogP contribution in [-0.2, 0) is 14.8 Å². The lowest BCUT2D eigenvalue weighted by atomic mass is 10.2. The lowest BCUT2D eigenvalue weighted by Gasteiger charge is -2.26. The predicted octanol–water partition coefficient (Wildman–Crippen LogP) is 6.65. The van der Waals surface area contributed by atoms with Crippen LogP contribution in [0.2, 0.25) is 10.0 Å². The fourth-order valence-corrected chi connectivity index (χ4v) is 5.66. The van der Waals surface area contributed by atoms with Gasteiger partial charge in [-0.1, -0.05) is 41.4 Å². The average Bonchev–Trinajstić information content (AvgIpc) is 2.97. The first kappa shape index (κ1) is 29.9. The van der Waals surface area contributed by atoms with Crippen molar-refractivity contribution >= 4 is 50.5 Å². The largest absolute Gasteiger partial charge is 0.495 e.